The minimum Gasteiger partial charge on any atom is -0.378 e. The number of hydrogen-bond acceptors (Lipinski definition) is 4. The first kappa shape index (κ1) is 18.6. The molecule has 0 N–H and O–H groups in total. The second-order valence-corrected chi connectivity index (χ2v) is 10.0. The Hall–Kier alpha value is -0.160. The van der Waals surface area contributed by atoms with Crippen molar-refractivity contribution in [3.63, 3.8) is 0 Å². The van der Waals surface area contributed by atoms with Crippen molar-refractivity contribution in [2.45, 2.75) is 103 Å². The van der Waals surface area contributed by atoms with Crippen molar-refractivity contribution >= 4 is 0 Å². The molecule has 0 amide bonds. The summed E-state index contributed by atoms with van der Waals surface area (Å²) in [6.07, 6.45) is 6.28. The van der Waals surface area contributed by atoms with Crippen LogP contribution in [-0.4, -0.2) is 71.5 Å². The second-order valence-electron chi connectivity index (χ2n) is 10.0. The second kappa shape index (κ2) is 6.86. The molecule has 0 spiro atoms. The molecular formula is C20H38N2O2. The van der Waals surface area contributed by atoms with Gasteiger partial charge in [-0.3, -0.25) is 9.80 Å². The lowest BCUT2D eigenvalue weighted by Gasteiger charge is -2.44. The summed E-state index contributed by atoms with van der Waals surface area (Å²) in [6, 6.07) is 1.40. The largest absolute Gasteiger partial charge is 0.378 e. The minimum absolute atomic E-state index is 0.324. The molecule has 4 unspecified atom stereocenters. The van der Waals surface area contributed by atoms with Crippen molar-refractivity contribution in [3.8, 4) is 0 Å². The van der Waals surface area contributed by atoms with Gasteiger partial charge in [-0.1, -0.05) is 0 Å². The monoisotopic (exact) mass is 338 g/mol. The zero-order chi connectivity index (χ0) is 17.5. The van der Waals surface area contributed by atoms with Gasteiger partial charge in [-0.15, -0.1) is 0 Å². The maximum Gasteiger partial charge on any atom is 0.0707 e. The first-order valence-electron chi connectivity index (χ1n) is 9.91. The molecule has 4 heterocycles. The lowest BCUT2D eigenvalue weighted by Crippen LogP contribution is -2.54. The number of fused-ring (bicyclic) bond motifs is 4. The van der Waals surface area contributed by atoms with Crippen LogP contribution in [0.5, 0.6) is 0 Å². The smallest absolute Gasteiger partial charge is 0.0707 e. The highest BCUT2D eigenvalue weighted by atomic mass is 16.5. The maximum absolute atomic E-state index is 5.78. The fraction of sp³-hybridized carbons (Fsp3) is 1.00. The Morgan fingerprint density at radius 1 is 0.708 bits per heavy atom. The van der Waals surface area contributed by atoms with Gasteiger partial charge in [0, 0.05) is 36.3 Å². The Morgan fingerprint density at radius 3 is 1.58 bits per heavy atom. The van der Waals surface area contributed by atoms with Crippen LogP contribution in [0.15, 0.2) is 0 Å². The number of nitrogens with zero attached hydrogens (tertiary/aromatic N) is 2. The van der Waals surface area contributed by atoms with E-state index in [2.05, 4.69) is 51.3 Å². The third kappa shape index (κ3) is 4.14. The Labute approximate surface area is 148 Å². The van der Waals surface area contributed by atoms with Crippen LogP contribution in [0.3, 0.4) is 0 Å². The van der Waals surface area contributed by atoms with Crippen LogP contribution in [0.25, 0.3) is 0 Å². The zero-order valence-electron chi connectivity index (χ0n) is 16.7. The van der Waals surface area contributed by atoms with Crippen molar-refractivity contribution in [2.24, 2.45) is 0 Å². The Kier molecular flexibility index (Phi) is 5.33. The zero-order valence-corrected chi connectivity index (χ0v) is 16.7. The van der Waals surface area contributed by atoms with E-state index >= 15 is 0 Å². The predicted octanol–water partition coefficient (Wildman–Crippen LogP) is 3.30. The number of morpholine rings is 2. The van der Waals surface area contributed by atoms with Crippen molar-refractivity contribution < 1.29 is 9.47 Å². The first-order valence-corrected chi connectivity index (χ1v) is 9.91. The van der Waals surface area contributed by atoms with E-state index in [1.807, 2.05) is 0 Å². The van der Waals surface area contributed by atoms with Crippen molar-refractivity contribution in [2.75, 3.05) is 26.3 Å². The van der Waals surface area contributed by atoms with Crippen LogP contribution >= 0.6 is 0 Å². The molecule has 4 heteroatoms. The van der Waals surface area contributed by atoms with Crippen molar-refractivity contribution in [1.29, 1.82) is 0 Å². The van der Waals surface area contributed by atoms with Gasteiger partial charge < -0.3 is 9.47 Å². The van der Waals surface area contributed by atoms with E-state index in [1.165, 1.54) is 25.7 Å². The van der Waals surface area contributed by atoms with E-state index in [0.29, 0.717) is 35.4 Å². The minimum atomic E-state index is 0.324. The first-order chi connectivity index (χ1) is 11.1. The summed E-state index contributed by atoms with van der Waals surface area (Å²) in [5.41, 5.74) is 0.653. The summed E-state index contributed by atoms with van der Waals surface area (Å²) in [5, 5.41) is 0. The Morgan fingerprint density at radius 2 is 1.21 bits per heavy atom. The number of ether oxygens (including phenoxy) is 2. The van der Waals surface area contributed by atoms with Crippen LogP contribution < -0.4 is 0 Å². The van der Waals surface area contributed by atoms with Gasteiger partial charge in [0.1, 0.15) is 0 Å². The third-order valence-electron chi connectivity index (χ3n) is 6.01. The average molecular weight is 339 g/mol. The summed E-state index contributed by atoms with van der Waals surface area (Å²) in [6.45, 7) is 18.0. The Balaban J connectivity index is 0.000000141. The molecule has 4 atom stereocenters. The molecule has 4 rings (SSSR count). The van der Waals surface area contributed by atoms with E-state index in [9.17, 15) is 0 Å². The molecule has 0 aliphatic carbocycles. The molecule has 4 aliphatic rings. The number of rotatable bonds is 0. The molecular weight excluding hydrogens is 300 g/mol. The summed E-state index contributed by atoms with van der Waals surface area (Å²) in [4.78, 5) is 5.20. The lowest BCUT2D eigenvalue weighted by molar-refractivity contribution is -0.0668. The van der Waals surface area contributed by atoms with Crippen LogP contribution in [0.2, 0.25) is 0 Å². The number of hydrogen-bond donors (Lipinski definition) is 0. The van der Waals surface area contributed by atoms with Gasteiger partial charge in [0.2, 0.25) is 0 Å². The summed E-state index contributed by atoms with van der Waals surface area (Å²) in [7, 11) is 0. The topological polar surface area (TPSA) is 24.9 Å². The van der Waals surface area contributed by atoms with Gasteiger partial charge >= 0.3 is 0 Å². The third-order valence-corrected chi connectivity index (χ3v) is 6.01. The molecule has 4 bridgehead atoms. The van der Waals surface area contributed by atoms with Crippen LogP contribution in [-0.2, 0) is 9.47 Å². The van der Waals surface area contributed by atoms with E-state index in [0.717, 1.165) is 26.3 Å². The summed E-state index contributed by atoms with van der Waals surface area (Å²) in [5.74, 6) is 0. The highest BCUT2D eigenvalue weighted by Gasteiger charge is 2.42. The van der Waals surface area contributed by atoms with Gasteiger partial charge in [0.25, 0.3) is 0 Å². The van der Waals surface area contributed by atoms with Crippen LogP contribution in [0.1, 0.15) is 67.2 Å². The SMILES string of the molecule is CC(C)(C)N1C2CCC1COC2.CC(C)(C)N1CC2CCC(C1)O2. The average Bonchev–Trinajstić information content (AvgIpc) is 2.95. The fourth-order valence-corrected chi connectivity index (χ4v) is 4.89. The maximum atomic E-state index is 5.78. The van der Waals surface area contributed by atoms with Gasteiger partial charge in [0.05, 0.1) is 25.4 Å². The highest BCUT2D eigenvalue weighted by Crippen LogP contribution is 2.34. The molecule has 0 aromatic carbocycles. The van der Waals surface area contributed by atoms with E-state index in [-0.39, 0.29) is 0 Å². The van der Waals surface area contributed by atoms with E-state index < -0.39 is 0 Å². The molecule has 0 aromatic heterocycles. The summed E-state index contributed by atoms with van der Waals surface area (Å²) >= 11 is 0. The standard InChI is InChI=1S/2C10H19NO/c1-10(2,3)11-8-4-5-9(11)7-12-6-8;1-10(2,3)11-6-8-4-5-9(7-11)12-8/h2*8-9H,4-7H2,1-3H3. The molecule has 4 saturated heterocycles. The normalized spacial score (nSPS) is 37.2. The molecule has 4 aliphatic heterocycles. The highest BCUT2D eigenvalue weighted by molar-refractivity contribution is 4.96. The van der Waals surface area contributed by atoms with Gasteiger partial charge in [0.15, 0.2) is 0 Å². The molecule has 4 fully saturated rings. The van der Waals surface area contributed by atoms with E-state index in [4.69, 9.17) is 9.47 Å². The molecule has 140 valence electrons. The number of likely N-dealkylation sites (tertiary alicyclic amines) is 1. The summed E-state index contributed by atoms with van der Waals surface area (Å²) < 4.78 is 11.3. The van der Waals surface area contributed by atoms with Crippen molar-refractivity contribution in [1.82, 2.24) is 9.80 Å². The lowest BCUT2D eigenvalue weighted by atomic mass is 10.0. The molecule has 4 nitrogen and oxygen atoms in total. The Bertz CT molecular complexity index is 398. The van der Waals surface area contributed by atoms with Crippen molar-refractivity contribution in [3.05, 3.63) is 0 Å². The molecule has 0 radical (unpaired) electrons. The molecule has 0 saturated carbocycles. The molecule has 0 aromatic rings. The molecule has 24 heavy (non-hydrogen) atoms. The van der Waals surface area contributed by atoms with Crippen LogP contribution in [0.4, 0.5) is 0 Å². The van der Waals surface area contributed by atoms with Gasteiger partial charge in [-0.25, -0.2) is 0 Å². The predicted molar refractivity (Wildman–Crippen MR) is 98.4 cm³/mol. The fourth-order valence-electron chi connectivity index (χ4n) is 4.89. The van der Waals surface area contributed by atoms with Gasteiger partial charge in [-0.2, -0.15) is 0 Å². The van der Waals surface area contributed by atoms with E-state index in [1.54, 1.807) is 0 Å². The van der Waals surface area contributed by atoms with Gasteiger partial charge in [-0.05, 0) is 67.2 Å². The van der Waals surface area contributed by atoms with Crippen LogP contribution in [0, 0.1) is 0 Å². The quantitative estimate of drug-likeness (QED) is 0.677.